The van der Waals surface area contributed by atoms with Gasteiger partial charge in [-0.2, -0.15) is 0 Å². The lowest BCUT2D eigenvalue weighted by Crippen LogP contribution is -2.35. The smallest absolute Gasteiger partial charge is 0.253 e. The lowest BCUT2D eigenvalue weighted by molar-refractivity contribution is -0.131. The Labute approximate surface area is 125 Å². The summed E-state index contributed by atoms with van der Waals surface area (Å²) >= 11 is 0. The molecule has 1 fully saturated rings. The first-order valence-electron chi connectivity index (χ1n) is 7.59. The Balaban J connectivity index is 1.77. The molecule has 1 heterocycles. The Kier molecular flexibility index (Phi) is 5.60. The maximum atomic E-state index is 12.1. The van der Waals surface area contributed by atoms with Crippen molar-refractivity contribution in [2.24, 2.45) is 0 Å². The van der Waals surface area contributed by atoms with Crippen molar-refractivity contribution in [3.8, 4) is 0 Å². The number of carbonyl (C=O) groups is 2. The minimum atomic E-state index is -0.225. The predicted molar refractivity (Wildman–Crippen MR) is 82.9 cm³/mol. The molecule has 0 bridgehead atoms. The van der Waals surface area contributed by atoms with Gasteiger partial charge in [-0.3, -0.25) is 9.59 Å². The number of nitrogens with zero attached hydrogens (tertiary/aromatic N) is 1. The van der Waals surface area contributed by atoms with Crippen LogP contribution in [0, 0.1) is 0 Å². The molecular weight excluding hydrogens is 266 g/mol. The Hall–Kier alpha value is -2.04. The van der Waals surface area contributed by atoms with Crippen molar-refractivity contribution in [1.82, 2.24) is 10.2 Å². The van der Waals surface area contributed by atoms with Crippen LogP contribution in [0.15, 0.2) is 24.3 Å². The van der Waals surface area contributed by atoms with Gasteiger partial charge in [0.25, 0.3) is 5.91 Å². The highest BCUT2D eigenvalue weighted by molar-refractivity contribution is 5.99. The number of hydrogen-bond acceptors (Lipinski definition) is 3. The highest BCUT2D eigenvalue weighted by Gasteiger charge is 2.15. The predicted octanol–water partition coefficient (Wildman–Crippen LogP) is 1.79. The molecule has 2 rings (SSSR count). The van der Waals surface area contributed by atoms with Crippen LogP contribution in [0.25, 0.3) is 0 Å². The fourth-order valence-corrected chi connectivity index (χ4v) is 2.56. The molecule has 0 aliphatic carbocycles. The quantitative estimate of drug-likeness (QED) is 0.830. The molecule has 5 heteroatoms. The Morgan fingerprint density at radius 3 is 2.43 bits per heavy atom. The third-order valence-electron chi connectivity index (χ3n) is 3.79. The third kappa shape index (κ3) is 4.48. The number of anilines is 1. The van der Waals surface area contributed by atoms with Gasteiger partial charge in [-0.1, -0.05) is 25.0 Å². The number of benzene rings is 1. The molecule has 1 saturated heterocycles. The van der Waals surface area contributed by atoms with Crippen LogP contribution in [0.4, 0.5) is 5.69 Å². The normalized spacial score (nSPS) is 15.3. The van der Waals surface area contributed by atoms with Crippen molar-refractivity contribution < 1.29 is 9.59 Å². The van der Waals surface area contributed by atoms with Gasteiger partial charge in [0.2, 0.25) is 5.91 Å². The van der Waals surface area contributed by atoms with Crippen molar-refractivity contribution in [3.63, 3.8) is 0 Å². The molecule has 0 spiro atoms. The summed E-state index contributed by atoms with van der Waals surface area (Å²) in [5.41, 5.74) is 6.66. The summed E-state index contributed by atoms with van der Waals surface area (Å²) < 4.78 is 0. The number of likely N-dealkylation sites (tertiary alicyclic amines) is 1. The molecule has 1 aromatic carbocycles. The van der Waals surface area contributed by atoms with Gasteiger partial charge >= 0.3 is 0 Å². The number of carbonyl (C=O) groups excluding carboxylic acids is 2. The first kappa shape index (κ1) is 15.4. The molecule has 1 aliphatic heterocycles. The minimum Gasteiger partial charge on any atom is -0.398 e. The number of hydrogen-bond donors (Lipinski definition) is 2. The van der Waals surface area contributed by atoms with E-state index in [0.29, 0.717) is 24.2 Å². The van der Waals surface area contributed by atoms with Gasteiger partial charge in [-0.05, 0) is 25.0 Å². The van der Waals surface area contributed by atoms with E-state index in [2.05, 4.69) is 5.32 Å². The van der Waals surface area contributed by atoms with Crippen LogP contribution in [0.5, 0.6) is 0 Å². The molecule has 1 aromatic rings. The van der Waals surface area contributed by atoms with Crippen LogP contribution in [0.2, 0.25) is 0 Å². The van der Waals surface area contributed by atoms with E-state index in [1.165, 1.54) is 12.8 Å². The van der Waals surface area contributed by atoms with E-state index >= 15 is 0 Å². The maximum absolute atomic E-state index is 12.1. The van der Waals surface area contributed by atoms with Gasteiger partial charge in [0.1, 0.15) is 0 Å². The molecule has 0 saturated carbocycles. The van der Waals surface area contributed by atoms with Crippen LogP contribution in [0.1, 0.15) is 42.5 Å². The van der Waals surface area contributed by atoms with E-state index in [4.69, 9.17) is 5.73 Å². The zero-order valence-electron chi connectivity index (χ0n) is 12.3. The van der Waals surface area contributed by atoms with Crippen LogP contribution in [-0.2, 0) is 4.79 Å². The number of nitrogen functional groups attached to an aromatic ring is 1. The summed E-state index contributed by atoms with van der Waals surface area (Å²) in [6, 6.07) is 6.93. The number of nitrogens with one attached hydrogen (secondary N) is 1. The van der Waals surface area contributed by atoms with E-state index in [9.17, 15) is 9.59 Å². The molecular formula is C16H23N3O2. The van der Waals surface area contributed by atoms with Gasteiger partial charge in [0.15, 0.2) is 0 Å². The van der Waals surface area contributed by atoms with Gasteiger partial charge < -0.3 is 16.0 Å². The monoisotopic (exact) mass is 289 g/mol. The van der Waals surface area contributed by atoms with E-state index < -0.39 is 0 Å². The summed E-state index contributed by atoms with van der Waals surface area (Å²) in [6.45, 7) is 2.04. The zero-order valence-corrected chi connectivity index (χ0v) is 12.3. The molecule has 0 atom stereocenters. The molecule has 0 aromatic heterocycles. The molecule has 0 radical (unpaired) electrons. The standard InChI is InChI=1S/C16H23N3O2/c17-14-8-4-3-7-13(14)16(21)18-10-9-15(20)19-11-5-1-2-6-12-19/h3-4,7-8H,1-2,5-6,9-12,17H2,(H,18,21). The second kappa shape index (κ2) is 7.67. The van der Waals surface area contributed by atoms with Gasteiger partial charge in [0, 0.05) is 31.7 Å². The van der Waals surface area contributed by atoms with E-state index in [1.54, 1.807) is 24.3 Å². The lowest BCUT2D eigenvalue weighted by atomic mass is 10.1. The first-order chi connectivity index (χ1) is 10.2. The molecule has 21 heavy (non-hydrogen) atoms. The van der Waals surface area contributed by atoms with Crippen LogP contribution < -0.4 is 11.1 Å². The molecule has 114 valence electrons. The summed E-state index contributed by atoms with van der Waals surface area (Å²) in [5, 5.41) is 2.76. The third-order valence-corrected chi connectivity index (χ3v) is 3.79. The fraction of sp³-hybridized carbons (Fsp3) is 0.500. The second-order valence-corrected chi connectivity index (χ2v) is 5.39. The highest BCUT2D eigenvalue weighted by atomic mass is 16.2. The molecule has 2 amide bonds. The summed E-state index contributed by atoms with van der Waals surface area (Å²) in [4.78, 5) is 26.0. The van der Waals surface area contributed by atoms with E-state index in [-0.39, 0.29) is 11.8 Å². The number of para-hydroxylation sites is 1. The van der Waals surface area contributed by atoms with Crippen LogP contribution in [-0.4, -0.2) is 36.3 Å². The SMILES string of the molecule is Nc1ccccc1C(=O)NCCC(=O)N1CCCCCC1. The maximum Gasteiger partial charge on any atom is 0.253 e. The second-order valence-electron chi connectivity index (χ2n) is 5.39. The summed E-state index contributed by atoms with van der Waals surface area (Å²) in [6.07, 6.45) is 4.91. The number of rotatable bonds is 4. The fourth-order valence-electron chi connectivity index (χ4n) is 2.56. The first-order valence-corrected chi connectivity index (χ1v) is 7.59. The lowest BCUT2D eigenvalue weighted by Gasteiger charge is -2.20. The molecule has 0 unspecified atom stereocenters. The van der Waals surface area contributed by atoms with Gasteiger partial charge in [-0.15, -0.1) is 0 Å². The minimum absolute atomic E-state index is 0.123. The Morgan fingerprint density at radius 1 is 1.10 bits per heavy atom. The van der Waals surface area contributed by atoms with E-state index in [0.717, 1.165) is 25.9 Å². The molecule has 3 N–H and O–H groups in total. The Bertz CT molecular complexity index is 494. The van der Waals surface area contributed by atoms with Crippen LogP contribution in [0.3, 0.4) is 0 Å². The average Bonchev–Trinajstić information content (AvgIpc) is 2.76. The Morgan fingerprint density at radius 2 is 1.76 bits per heavy atom. The zero-order chi connectivity index (χ0) is 15.1. The van der Waals surface area contributed by atoms with Gasteiger partial charge in [0.05, 0.1) is 5.56 Å². The number of amides is 2. The van der Waals surface area contributed by atoms with Crippen LogP contribution >= 0.6 is 0 Å². The summed E-state index contributed by atoms with van der Waals surface area (Å²) in [7, 11) is 0. The van der Waals surface area contributed by atoms with Gasteiger partial charge in [-0.25, -0.2) is 0 Å². The van der Waals surface area contributed by atoms with Crippen molar-refractivity contribution in [3.05, 3.63) is 29.8 Å². The van der Waals surface area contributed by atoms with Crippen molar-refractivity contribution >= 4 is 17.5 Å². The van der Waals surface area contributed by atoms with Crippen molar-refractivity contribution in [2.45, 2.75) is 32.1 Å². The van der Waals surface area contributed by atoms with Crippen molar-refractivity contribution in [2.75, 3.05) is 25.4 Å². The molecule has 1 aliphatic rings. The summed E-state index contributed by atoms with van der Waals surface area (Å²) in [5.74, 6) is -0.102. The van der Waals surface area contributed by atoms with E-state index in [1.807, 2.05) is 4.90 Å². The largest absolute Gasteiger partial charge is 0.398 e. The highest BCUT2D eigenvalue weighted by Crippen LogP contribution is 2.11. The average molecular weight is 289 g/mol. The molecule has 5 nitrogen and oxygen atoms in total. The number of nitrogens with two attached hydrogens (primary N) is 1. The van der Waals surface area contributed by atoms with Crippen molar-refractivity contribution in [1.29, 1.82) is 0 Å². The topological polar surface area (TPSA) is 75.4 Å².